The second kappa shape index (κ2) is 7.43. The van der Waals surface area contributed by atoms with Crippen molar-refractivity contribution in [3.63, 3.8) is 0 Å². The van der Waals surface area contributed by atoms with Crippen LogP contribution in [0.15, 0.2) is 53.8 Å². The molecule has 0 aliphatic heterocycles. The lowest BCUT2D eigenvalue weighted by Crippen LogP contribution is -2.01. The van der Waals surface area contributed by atoms with E-state index < -0.39 is 4.92 Å². The van der Waals surface area contributed by atoms with Crippen LogP contribution in [-0.2, 0) is 7.05 Å². The summed E-state index contributed by atoms with van der Waals surface area (Å²) in [5.74, 6) is 2.06. The molecule has 1 aromatic carbocycles. The first-order valence-corrected chi connectivity index (χ1v) is 7.55. The van der Waals surface area contributed by atoms with Crippen molar-refractivity contribution in [1.82, 2.24) is 14.5 Å². The molecule has 0 N–H and O–H groups in total. The van der Waals surface area contributed by atoms with Gasteiger partial charge in [0.05, 0.1) is 32.3 Å². The molecule has 3 aromatic rings. The van der Waals surface area contributed by atoms with E-state index in [1.165, 1.54) is 23.2 Å². The Labute approximate surface area is 148 Å². The number of hydrogen-bond donors (Lipinski definition) is 0. The molecule has 132 valence electrons. The Morgan fingerprint density at radius 3 is 2.42 bits per heavy atom. The van der Waals surface area contributed by atoms with E-state index in [2.05, 4.69) is 15.0 Å². The van der Waals surface area contributed by atoms with Crippen LogP contribution in [0.2, 0.25) is 0 Å². The molecule has 0 aliphatic carbocycles. The summed E-state index contributed by atoms with van der Waals surface area (Å²) in [5, 5.41) is 10.8. The van der Waals surface area contributed by atoms with Gasteiger partial charge in [-0.3, -0.25) is 0 Å². The second-order valence-electron chi connectivity index (χ2n) is 5.18. The standard InChI is InChI=1S/C17H15N5O4/c1-21-15(19-11-17(21)22(23)24)10-18-12-3-8-16(20-9-12)26-14-6-4-13(25-2)5-7-14/h3-11H,1-2H3. The van der Waals surface area contributed by atoms with E-state index in [4.69, 9.17) is 9.47 Å². The fourth-order valence-corrected chi connectivity index (χ4v) is 2.11. The second-order valence-corrected chi connectivity index (χ2v) is 5.18. The van der Waals surface area contributed by atoms with Crippen LogP contribution in [0.25, 0.3) is 0 Å². The zero-order valence-electron chi connectivity index (χ0n) is 14.1. The van der Waals surface area contributed by atoms with Crippen molar-refractivity contribution < 1.29 is 14.4 Å². The molecule has 0 spiro atoms. The minimum absolute atomic E-state index is 0.104. The Kier molecular flexibility index (Phi) is 4.88. The minimum atomic E-state index is -0.503. The van der Waals surface area contributed by atoms with Gasteiger partial charge in [-0.25, -0.2) is 19.5 Å². The SMILES string of the molecule is COc1ccc(Oc2ccc(N=Cc3ncc([N+](=O)[O-])n3C)cn2)cc1. The highest BCUT2D eigenvalue weighted by Crippen LogP contribution is 2.23. The molecule has 0 saturated heterocycles. The zero-order chi connectivity index (χ0) is 18.5. The number of nitrogens with zero attached hydrogens (tertiary/aromatic N) is 5. The third-order valence-electron chi connectivity index (χ3n) is 3.52. The summed E-state index contributed by atoms with van der Waals surface area (Å²) in [6.07, 6.45) is 4.16. The molecule has 0 radical (unpaired) electrons. The molecule has 0 aliphatic rings. The first-order valence-electron chi connectivity index (χ1n) is 7.55. The van der Waals surface area contributed by atoms with E-state index in [1.807, 2.05) is 0 Å². The number of rotatable bonds is 6. The third-order valence-corrected chi connectivity index (χ3v) is 3.52. The summed E-state index contributed by atoms with van der Waals surface area (Å²) in [6.45, 7) is 0. The quantitative estimate of drug-likeness (QED) is 0.382. The number of methoxy groups -OCH3 is 1. The van der Waals surface area contributed by atoms with Crippen molar-refractivity contribution in [3.8, 4) is 17.4 Å². The average molecular weight is 353 g/mol. The van der Waals surface area contributed by atoms with Gasteiger partial charge in [-0.1, -0.05) is 0 Å². The molecule has 0 fully saturated rings. The number of aliphatic imine (C=N–C) groups is 1. The van der Waals surface area contributed by atoms with Gasteiger partial charge < -0.3 is 19.6 Å². The molecular formula is C17H15N5O4. The van der Waals surface area contributed by atoms with Crippen LogP contribution in [0.1, 0.15) is 5.82 Å². The third kappa shape index (κ3) is 3.83. The number of imidazole rings is 1. The molecule has 2 heterocycles. The van der Waals surface area contributed by atoms with Gasteiger partial charge in [-0.15, -0.1) is 0 Å². The number of hydrogen-bond acceptors (Lipinski definition) is 7. The van der Waals surface area contributed by atoms with Crippen LogP contribution in [0, 0.1) is 10.1 Å². The van der Waals surface area contributed by atoms with E-state index in [0.717, 1.165) is 5.75 Å². The van der Waals surface area contributed by atoms with Gasteiger partial charge in [0, 0.05) is 6.07 Å². The highest BCUT2D eigenvalue weighted by atomic mass is 16.6. The monoisotopic (exact) mass is 353 g/mol. The molecule has 0 atom stereocenters. The Morgan fingerprint density at radius 2 is 1.85 bits per heavy atom. The molecule has 9 heteroatoms. The summed E-state index contributed by atoms with van der Waals surface area (Å²) in [5.41, 5.74) is 0.567. The van der Waals surface area contributed by atoms with E-state index in [9.17, 15) is 10.1 Å². The Morgan fingerprint density at radius 1 is 1.12 bits per heavy atom. The summed E-state index contributed by atoms with van der Waals surface area (Å²) in [6, 6.07) is 10.5. The minimum Gasteiger partial charge on any atom is -0.497 e. The number of aromatic nitrogens is 3. The number of ether oxygens (including phenoxy) is 2. The highest BCUT2D eigenvalue weighted by molar-refractivity contribution is 5.78. The molecule has 2 aromatic heterocycles. The molecule has 3 rings (SSSR count). The molecule has 26 heavy (non-hydrogen) atoms. The Hall–Kier alpha value is -3.75. The van der Waals surface area contributed by atoms with Crippen LogP contribution >= 0.6 is 0 Å². The van der Waals surface area contributed by atoms with Gasteiger partial charge in [0.15, 0.2) is 0 Å². The topological polar surface area (TPSA) is 105 Å². The first kappa shape index (κ1) is 17.1. The van der Waals surface area contributed by atoms with E-state index in [0.29, 0.717) is 23.1 Å². The van der Waals surface area contributed by atoms with Crippen molar-refractivity contribution in [2.75, 3.05) is 7.11 Å². The predicted octanol–water partition coefficient (Wildman–Crippen LogP) is 3.27. The smallest absolute Gasteiger partial charge is 0.342 e. The predicted molar refractivity (Wildman–Crippen MR) is 94.4 cm³/mol. The lowest BCUT2D eigenvalue weighted by Gasteiger charge is -2.05. The van der Waals surface area contributed by atoms with Crippen molar-refractivity contribution in [2.45, 2.75) is 0 Å². The maximum absolute atomic E-state index is 10.8. The summed E-state index contributed by atoms with van der Waals surface area (Å²) >= 11 is 0. The van der Waals surface area contributed by atoms with Crippen LogP contribution in [-0.4, -0.2) is 32.8 Å². The van der Waals surface area contributed by atoms with E-state index >= 15 is 0 Å². The van der Waals surface area contributed by atoms with Gasteiger partial charge in [-0.05, 0) is 35.3 Å². The van der Waals surface area contributed by atoms with Crippen LogP contribution < -0.4 is 9.47 Å². The molecule has 0 saturated carbocycles. The average Bonchev–Trinajstić information content (AvgIpc) is 3.02. The lowest BCUT2D eigenvalue weighted by atomic mass is 10.3. The summed E-state index contributed by atoms with van der Waals surface area (Å²) in [4.78, 5) is 22.7. The summed E-state index contributed by atoms with van der Waals surface area (Å²) in [7, 11) is 3.15. The molecule has 9 nitrogen and oxygen atoms in total. The summed E-state index contributed by atoms with van der Waals surface area (Å²) < 4.78 is 12.1. The van der Waals surface area contributed by atoms with Gasteiger partial charge in [0.2, 0.25) is 11.7 Å². The Bertz CT molecular complexity index is 933. The molecular weight excluding hydrogens is 338 g/mol. The zero-order valence-corrected chi connectivity index (χ0v) is 14.1. The number of nitro groups is 1. The van der Waals surface area contributed by atoms with Crippen molar-refractivity contribution in [3.05, 3.63) is 64.7 Å². The first-order chi connectivity index (χ1) is 12.6. The number of benzene rings is 1. The van der Waals surface area contributed by atoms with Crippen LogP contribution in [0.5, 0.6) is 17.4 Å². The normalized spacial score (nSPS) is 10.8. The van der Waals surface area contributed by atoms with Crippen LogP contribution in [0.4, 0.5) is 11.5 Å². The largest absolute Gasteiger partial charge is 0.497 e. The van der Waals surface area contributed by atoms with Crippen molar-refractivity contribution >= 4 is 17.7 Å². The van der Waals surface area contributed by atoms with Crippen molar-refractivity contribution in [1.29, 1.82) is 0 Å². The fraction of sp³-hybridized carbons (Fsp3) is 0.118. The van der Waals surface area contributed by atoms with Gasteiger partial charge >= 0.3 is 5.82 Å². The van der Waals surface area contributed by atoms with Gasteiger partial charge in [-0.2, -0.15) is 0 Å². The highest BCUT2D eigenvalue weighted by Gasteiger charge is 2.14. The van der Waals surface area contributed by atoms with Gasteiger partial charge in [0.25, 0.3) is 0 Å². The fourth-order valence-electron chi connectivity index (χ4n) is 2.11. The van der Waals surface area contributed by atoms with E-state index in [1.54, 1.807) is 50.6 Å². The van der Waals surface area contributed by atoms with Crippen molar-refractivity contribution in [2.24, 2.45) is 12.0 Å². The van der Waals surface area contributed by atoms with Crippen LogP contribution in [0.3, 0.4) is 0 Å². The number of pyridine rings is 1. The molecule has 0 amide bonds. The molecule has 0 unspecified atom stereocenters. The maximum Gasteiger partial charge on any atom is 0.342 e. The maximum atomic E-state index is 10.8. The van der Waals surface area contributed by atoms with E-state index in [-0.39, 0.29) is 5.82 Å². The van der Waals surface area contributed by atoms with Gasteiger partial charge in [0.1, 0.15) is 17.7 Å². The Balaban J connectivity index is 1.68. The lowest BCUT2D eigenvalue weighted by molar-refractivity contribution is -0.391. The molecule has 0 bridgehead atoms.